The first-order valence-electron chi connectivity index (χ1n) is 6.20. The topological polar surface area (TPSA) is 46.2 Å². The third kappa shape index (κ3) is 6.06. The zero-order valence-electron chi connectivity index (χ0n) is 9.75. The Kier molecular flexibility index (Phi) is 6.70. The first-order chi connectivity index (χ1) is 7.64. The summed E-state index contributed by atoms with van der Waals surface area (Å²) < 4.78 is 26.3. The molecular weight excluding hydrogens is 246 g/mol. The summed E-state index contributed by atoms with van der Waals surface area (Å²) in [4.78, 5) is 0. The molecule has 1 fully saturated rings. The third-order valence-corrected chi connectivity index (χ3v) is 4.78. The predicted molar refractivity (Wildman–Crippen MR) is 68.4 cm³/mol. The van der Waals surface area contributed by atoms with Crippen LogP contribution in [0.15, 0.2) is 0 Å². The van der Waals surface area contributed by atoms with Gasteiger partial charge in [-0.15, -0.1) is 11.6 Å². The molecule has 1 aliphatic carbocycles. The van der Waals surface area contributed by atoms with Crippen LogP contribution in [0.5, 0.6) is 0 Å². The zero-order chi connectivity index (χ0) is 11.9. The molecule has 0 heterocycles. The summed E-state index contributed by atoms with van der Waals surface area (Å²) in [5.74, 6) is 0.759. The molecule has 1 rings (SSSR count). The maximum absolute atomic E-state index is 11.7. The van der Waals surface area contributed by atoms with E-state index in [-0.39, 0.29) is 11.8 Å². The summed E-state index contributed by atoms with van der Waals surface area (Å²) in [7, 11) is -3.08. The molecule has 0 aromatic rings. The number of nitrogens with one attached hydrogen (secondary N) is 1. The lowest BCUT2D eigenvalue weighted by Gasteiger charge is -2.16. The van der Waals surface area contributed by atoms with E-state index in [1.807, 2.05) is 0 Å². The second-order valence-electron chi connectivity index (χ2n) is 4.52. The van der Waals surface area contributed by atoms with Gasteiger partial charge in [0.2, 0.25) is 10.0 Å². The van der Waals surface area contributed by atoms with Crippen LogP contribution in [0.25, 0.3) is 0 Å². The van der Waals surface area contributed by atoms with E-state index in [1.54, 1.807) is 0 Å². The average Bonchev–Trinajstić information content (AvgIpc) is 2.46. The van der Waals surface area contributed by atoms with Gasteiger partial charge in [-0.05, 0) is 25.7 Å². The maximum atomic E-state index is 11.7. The Morgan fingerprint density at radius 2 is 1.69 bits per heavy atom. The van der Waals surface area contributed by atoms with E-state index < -0.39 is 10.0 Å². The minimum Gasteiger partial charge on any atom is -0.212 e. The standard InChI is InChI=1S/C11H22ClNO2S/c12-9-5-6-10-16(14,15)13-11-7-3-1-2-4-8-11/h11,13H,1-10H2. The van der Waals surface area contributed by atoms with E-state index in [9.17, 15) is 8.42 Å². The number of rotatable bonds is 6. The fraction of sp³-hybridized carbons (Fsp3) is 1.00. The third-order valence-electron chi connectivity index (χ3n) is 3.00. The molecule has 0 atom stereocenters. The quantitative estimate of drug-likeness (QED) is 0.457. The van der Waals surface area contributed by atoms with E-state index in [0.717, 1.165) is 32.1 Å². The predicted octanol–water partition coefficient (Wildman–Crippen LogP) is 2.65. The zero-order valence-corrected chi connectivity index (χ0v) is 11.3. The fourth-order valence-electron chi connectivity index (χ4n) is 2.10. The highest BCUT2D eigenvalue weighted by molar-refractivity contribution is 7.89. The van der Waals surface area contributed by atoms with Gasteiger partial charge in [0.25, 0.3) is 0 Å². The molecule has 5 heteroatoms. The van der Waals surface area contributed by atoms with Gasteiger partial charge in [0.15, 0.2) is 0 Å². The maximum Gasteiger partial charge on any atom is 0.211 e. The Morgan fingerprint density at radius 3 is 2.25 bits per heavy atom. The molecule has 0 unspecified atom stereocenters. The Hall–Kier alpha value is 0.200. The van der Waals surface area contributed by atoms with Crippen molar-refractivity contribution >= 4 is 21.6 Å². The van der Waals surface area contributed by atoms with Crippen LogP contribution in [0.4, 0.5) is 0 Å². The number of unbranched alkanes of at least 4 members (excludes halogenated alkanes) is 1. The van der Waals surface area contributed by atoms with E-state index in [1.165, 1.54) is 12.8 Å². The summed E-state index contributed by atoms with van der Waals surface area (Å²) >= 11 is 5.53. The monoisotopic (exact) mass is 267 g/mol. The second-order valence-corrected chi connectivity index (χ2v) is 6.77. The van der Waals surface area contributed by atoms with Gasteiger partial charge in [-0.2, -0.15) is 0 Å². The normalized spacial score (nSPS) is 19.6. The smallest absolute Gasteiger partial charge is 0.211 e. The van der Waals surface area contributed by atoms with Gasteiger partial charge in [-0.25, -0.2) is 13.1 Å². The van der Waals surface area contributed by atoms with Crippen molar-refractivity contribution in [3.63, 3.8) is 0 Å². The van der Waals surface area contributed by atoms with Crippen molar-refractivity contribution in [1.29, 1.82) is 0 Å². The summed E-state index contributed by atoms with van der Waals surface area (Å²) in [5.41, 5.74) is 0. The SMILES string of the molecule is O=S(=O)(CCCCCl)NC1CCCCCC1. The Morgan fingerprint density at radius 1 is 1.06 bits per heavy atom. The first kappa shape index (κ1) is 14.3. The Labute approximate surface area is 104 Å². The molecule has 1 saturated carbocycles. The van der Waals surface area contributed by atoms with Crippen LogP contribution >= 0.6 is 11.6 Å². The highest BCUT2D eigenvalue weighted by atomic mass is 35.5. The van der Waals surface area contributed by atoms with Crippen molar-refractivity contribution in [1.82, 2.24) is 4.72 Å². The van der Waals surface area contributed by atoms with E-state index in [4.69, 9.17) is 11.6 Å². The lowest BCUT2D eigenvalue weighted by atomic mass is 10.1. The van der Waals surface area contributed by atoms with Gasteiger partial charge in [0, 0.05) is 11.9 Å². The molecular formula is C11H22ClNO2S. The van der Waals surface area contributed by atoms with Gasteiger partial charge in [-0.3, -0.25) is 0 Å². The molecule has 0 aromatic carbocycles. The molecule has 0 aliphatic heterocycles. The molecule has 1 N–H and O–H groups in total. The van der Waals surface area contributed by atoms with Crippen LogP contribution < -0.4 is 4.72 Å². The number of hydrogen-bond acceptors (Lipinski definition) is 2. The molecule has 3 nitrogen and oxygen atoms in total. The van der Waals surface area contributed by atoms with Crippen molar-refractivity contribution in [2.75, 3.05) is 11.6 Å². The fourth-order valence-corrected chi connectivity index (χ4v) is 3.73. The van der Waals surface area contributed by atoms with Crippen molar-refractivity contribution in [2.45, 2.75) is 57.4 Å². The molecule has 0 radical (unpaired) electrons. The highest BCUT2D eigenvalue weighted by Gasteiger charge is 2.18. The van der Waals surface area contributed by atoms with Crippen LogP contribution in [0, 0.1) is 0 Å². The Bertz CT molecular complexity index is 272. The number of hydrogen-bond donors (Lipinski definition) is 1. The van der Waals surface area contributed by atoms with Crippen molar-refractivity contribution in [2.24, 2.45) is 0 Å². The number of alkyl halides is 1. The lowest BCUT2D eigenvalue weighted by molar-refractivity contribution is 0.508. The highest BCUT2D eigenvalue weighted by Crippen LogP contribution is 2.18. The first-order valence-corrected chi connectivity index (χ1v) is 8.39. The molecule has 0 spiro atoms. The van der Waals surface area contributed by atoms with Crippen LogP contribution in [-0.4, -0.2) is 26.1 Å². The molecule has 0 bridgehead atoms. The van der Waals surface area contributed by atoms with Crippen LogP contribution in [-0.2, 0) is 10.0 Å². The summed E-state index contributed by atoms with van der Waals surface area (Å²) in [6, 6.07) is 0.170. The molecule has 0 saturated heterocycles. The minimum absolute atomic E-state index is 0.170. The van der Waals surface area contributed by atoms with E-state index in [2.05, 4.69) is 4.72 Å². The van der Waals surface area contributed by atoms with Gasteiger partial charge < -0.3 is 0 Å². The molecule has 16 heavy (non-hydrogen) atoms. The van der Waals surface area contributed by atoms with Crippen molar-refractivity contribution in [3.8, 4) is 0 Å². The van der Waals surface area contributed by atoms with E-state index in [0.29, 0.717) is 12.3 Å². The average molecular weight is 268 g/mol. The molecule has 0 amide bonds. The lowest BCUT2D eigenvalue weighted by Crippen LogP contribution is -2.36. The number of sulfonamides is 1. The van der Waals surface area contributed by atoms with Crippen molar-refractivity contribution in [3.05, 3.63) is 0 Å². The summed E-state index contributed by atoms with van der Waals surface area (Å²) in [6.45, 7) is 0. The van der Waals surface area contributed by atoms with Crippen molar-refractivity contribution < 1.29 is 8.42 Å². The van der Waals surface area contributed by atoms with Gasteiger partial charge in [-0.1, -0.05) is 25.7 Å². The second kappa shape index (κ2) is 7.51. The Balaban J connectivity index is 2.32. The van der Waals surface area contributed by atoms with Crippen LogP contribution in [0.3, 0.4) is 0 Å². The largest absolute Gasteiger partial charge is 0.212 e. The van der Waals surface area contributed by atoms with E-state index >= 15 is 0 Å². The van der Waals surface area contributed by atoms with Gasteiger partial charge in [0.1, 0.15) is 0 Å². The summed E-state index contributed by atoms with van der Waals surface area (Å²) in [6.07, 6.45) is 8.20. The molecule has 1 aliphatic rings. The van der Waals surface area contributed by atoms with Crippen LogP contribution in [0.2, 0.25) is 0 Å². The molecule has 0 aromatic heterocycles. The van der Waals surface area contributed by atoms with Crippen LogP contribution in [0.1, 0.15) is 51.4 Å². The summed E-state index contributed by atoms with van der Waals surface area (Å²) in [5, 5.41) is 0. The molecule has 96 valence electrons. The van der Waals surface area contributed by atoms with Gasteiger partial charge in [0.05, 0.1) is 5.75 Å². The minimum atomic E-state index is -3.08. The number of halogens is 1. The van der Waals surface area contributed by atoms with Gasteiger partial charge >= 0.3 is 0 Å².